The second-order valence-corrected chi connectivity index (χ2v) is 8.06. The largest absolute Gasteiger partial charge is 0.356 e. The van der Waals surface area contributed by atoms with Gasteiger partial charge in [0.1, 0.15) is 12.2 Å². The maximum absolute atomic E-state index is 6.08. The third-order valence-electron chi connectivity index (χ3n) is 4.46. The fourth-order valence-electron chi connectivity index (χ4n) is 2.96. The number of rotatable bonds is 10. The van der Waals surface area contributed by atoms with Crippen molar-refractivity contribution in [2.45, 2.75) is 32.7 Å². The number of guanidine groups is 1. The standard InChI is InChI=1S/C21H27ClN6S/c1-2-20-27-26-16-28(20)13-12-25-21(24-11-9-19-7-4-14-29-19)23-10-8-17-5-3-6-18(22)15-17/h3-7,14-16H,2,8-13H2,1H3,(H2,23,24,25). The molecule has 1 aromatic carbocycles. The van der Waals surface area contributed by atoms with Gasteiger partial charge in [-0.1, -0.05) is 36.7 Å². The minimum atomic E-state index is 0.750. The number of hydrogen-bond donors (Lipinski definition) is 2. The number of aromatic nitrogens is 3. The van der Waals surface area contributed by atoms with Crippen LogP contribution in [0, 0.1) is 0 Å². The summed E-state index contributed by atoms with van der Waals surface area (Å²) in [6, 6.07) is 12.2. The molecule has 0 spiro atoms. The van der Waals surface area contributed by atoms with Gasteiger partial charge in [0.15, 0.2) is 5.96 Å². The first-order valence-electron chi connectivity index (χ1n) is 9.90. The molecule has 2 aromatic heterocycles. The maximum Gasteiger partial charge on any atom is 0.191 e. The van der Waals surface area contributed by atoms with Gasteiger partial charge < -0.3 is 15.2 Å². The molecular formula is C21H27ClN6S. The van der Waals surface area contributed by atoms with Crippen LogP contribution in [-0.2, 0) is 25.8 Å². The van der Waals surface area contributed by atoms with E-state index in [2.05, 4.69) is 55.9 Å². The minimum Gasteiger partial charge on any atom is -0.356 e. The van der Waals surface area contributed by atoms with Gasteiger partial charge in [-0.05, 0) is 35.6 Å². The van der Waals surface area contributed by atoms with Crippen molar-refractivity contribution in [1.29, 1.82) is 0 Å². The zero-order valence-electron chi connectivity index (χ0n) is 16.6. The molecule has 29 heavy (non-hydrogen) atoms. The Kier molecular flexibility index (Phi) is 8.52. The van der Waals surface area contributed by atoms with Crippen LogP contribution in [0.4, 0.5) is 0 Å². The van der Waals surface area contributed by atoms with Crippen molar-refractivity contribution in [3.8, 4) is 0 Å². The number of aliphatic imine (C=N–C) groups is 1. The molecular weight excluding hydrogens is 404 g/mol. The molecule has 0 saturated carbocycles. The van der Waals surface area contributed by atoms with Gasteiger partial charge in [-0.15, -0.1) is 21.5 Å². The first-order valence-corrected chi connectivity index (χ1v) is 11.2. The lowest BCUT2D eigenvalue weighted by Crippen LogP contribution is -2.40. The van der Waals surface area contributed by atoms with Gasteiger partial charge in [-0.25, -0.2) is 0 Å². The van der Waals surface area contributed by atoms with Crippen molar-refractivity contribution in [3.05, 3.63) is 69.4 Å². The van der Waals surface area contributed by atoms with Gasteiger partial charge in [0.2, 0.25) is 0 Å². The summed E-state index contributed by atoms with van der Waals surface area (Å²) in [4.78, 5) is 6.09. The second kappa shape index (κ2) is 11.6. The lowest BCUT2D eigenvalue weighted by atomic mass is 10.1. The van der Waals surface area contributed by atoms with E-state index in [0.29, 0.717) is 0 Å². The minimum absolute atomic E-state index is 0.750. The fourth-order valence-corrected chi connectivity index (χ4v) is 3.87. The van der Waals surface area contributed by atoms with Gasteiger partial charge in [0.25, 0.3) is 0 Å². The Morgan fingerprint density at radius 1 is 1.17 bits per heavy atom. The highest BCUT2D eigenvalue weighted by Crippen LogP contribution is 2.11. The molecule has 0 radical (unpaired) electrons. The molecule has 0 saturated heterocycles. The van der Waals surface area contributed by atoms with E-state index in [-0.39, 0.29) is 0 Å². The monoisotopic (exact) mass is 430 g/mol. The molecule has 0 aliphatic heterocycles. The van der Waals surface area contributed by atoms with E-state index in [0.717, 1.165) is 62.2 Å². The first kappa shape index (κ1) is 21.3. The smallest absolute Gasteiger partial charge is 0.191 e. The summed E-state index contributed by atoms with van der Waals surface area (Å²) in [6.45, 7) is 5.18. The molecule has 0 bridgehead atoms. The third kappa shape index (κ3) is 7.18. The Morgan fingerprint density at radius 2 is 2.07 bits per heavy atom. The molecule has 2 heterocycles. The highest BCUT2D eigenvalue weighted by molar-refractivity contribution is 7.09. The molecule has 0 aliphatic rings. The number of halogens is 1. The van der Waals surface area contributed by atoms with Crippen molar-refractivity contribution in [1.82, 2.24) is 25.4 Å². The summed E-state index contributed by atoms with van der Waals surface area (Å²) >= 11 is 7.85. The van der Waals surface area contributed by atoms with E-state index >= 15 is 0 Å². The average Bonchev–Trinajstić information content (AvgIpc) is 3.39. The molecule has 3 aromatic rings. The maximum atomic E-state index is 6.08. The van der Waals surface area contributed by atoms with Crippen LogP contribution in [0.5, 0.6) is 0 Å². The molecule has 3 rings (SSSR count). The number of nitrogens with one attached hydrogen (secondary N) is 2. The van der Waals surface area contributed by atoms with E-state index in [1.807, 2.05) is 18.2 Å². The van der Waals surface area contributed by atoms with Gasteiger partial charge in [-0.3, -0.25) is 4.99 Å². The zero-order valence-corrected chi connectivity index (χ0v) is 18.2. The van der Waals surface area contributed by atoms with E-state index in [9.17, 15) is 0 Å². The molecule has 0 amide bonds. The number of thiophene rings is 1. The second-order valence-electron chi connectivity index (χ2n) is 6.59. The Hall–Kier alpha value is -2.38. The Bertz CT molecular complexity index is 890. The van der Waals surface area contributed by atoms with Crippen LogP contribution in [-0.4, -0.2) is 40.4 Å². The Balaban J connectivity index is 1.51. The molecule has 2 N–H and O–H groups in total. The summed E-state index contributed by atoms with van der Waals surface area (Å²) in [5.74, 6) is 1.83. The Labute approximate surface area is 181 Å². The highest BCUT2D eigenvalue weighted by Gasteiger charge is 2.03. The van der Waals surface area contributed by atoms with Crippen LogP contribution >= 0.6 is 22.9 Å². The van der Waals surface area contributed by atoms with Crippen LogP contribution in [0.2, 0.25) is 5.02 Å². The topological polar surface area (TPSA) is 67.1 Å². The van der Waals surface area contributed by atoms with Crippen molar-refractivity contribution >= 4 is 28.9 Å². The van der Waals surface area contributed by atoms with Crippen LogP contribution in [0.1, 0.15) is 23.2 Å². The summed E-state index contributed by atoms with van der Waals surface area (Å²) < 4.78 is 2.07. The first-order chi connectivity index (χ1) is 14.2. The molecule has 8 heteroatoms. The predicted molar refractivity (Wildman–Crippen MR) is 121 cm³/mol. The normalized spacial score (nSPS) is 11.6. The summed E-state index contributed by atoms with van der Waals surface area (Å²) in [5.41, 5.74) is 1.21. The van der Waals surface area contributed by atoms with Crippen LogP contribution in [0.3, 0.4) is 0 Å². The molecule has 0 aliphatic carbocycles. The molecule has 0 atom stereocenters. The third-order valence-corrected chi connectivity index (χ3v) is 5.63. The van der Waals surface area contributed by atoms with Crippen LogP contribution < -0.4 is 10.6 Å². The molecule has 6 nitrogen and oxygen atoms in total. The van der Waals surface area contributed by atoms with Gasteiger partial charge in [0.05, 0.1) is 0 Å². The van der Waals surface area contributed by atoms with Crippen LogP contribution in [0.25, 0.3) is 0 Å². The average molecular weight is 431 g/mol. The van der Waals surface area contributed by atoms with E-state index < -0.39 is 0 Å². The van der Waals surface area contributed by atoms with Crippen molar-refractivity contribution in [2.24, 2.45) is 4.99 Å². The van der Waals surface area contributed by atoms with E-state index in [4.69, 9.17) is 16.6 Å². The SMILES string of the molecule is CCc1nncn1CCNC(=NCCc1cccs1)NCCc1cccc(Cl)c1. The number of benzene rings is 1. The number of nitrogens with zero attached hydrogens (tertiary/aromatic N) is 4. The molecule has 154 valence electrons. The summed E-state index contributed by atoms with van der Waals surface area (Å²) in [5, 5.41) is 17.9. The summed E-state index contributed by atoms with van der Waals surface area (Å²) in [6.07, 6.45) is 4.49. The predicted octanol–water partition coefficient (Wildman–Crippen LogP) is 3.58. The van der Waals surface area contributed by atoms with E-state index in [1.54, 1.807) is 17.7 Å². The van der Waals surface area contributed by atoms with Crippen LogP contribution in [0.15, 0.2) is 53.1 Å². The van der Waals surface area contributed by atoms with Crippen molar-refractivity contribution < 1.29 is 0 Å². The van der Waals surface area contributed by atoms with Gasteiger partial charge in [0, 0.05) is 48.9 Å². The lowest BCUT2D eigenvalue weighted by Gasteiger charge is -2.13. The quantitative estimate of drug-likeness (QED) is 0.381. The highest BCUT2D eigenvalue weighted by atomic mass is 35.5. The number of hydrogen-bond acceptors (Lipinski definition) is 4. The fraction of sp³-hybridized carbons (Fsp3) is 0.381. The zero-order chi connectivity index (χ0) is 20.3. The molecule has 0 fully saturated rings. The van der Waals surface area contributed by atoms with Gasteiger partial charge in [-0.2, -0.15) is 0 Å². The van der Waals surface area contributed by atoms with Crippen molar-refractivity contribution in [2.75, 3.05) is 19.6 Å². The van der Waals surface area contributed by atoms with Gasteiger partial charge >= 0.3 is 0 Å². The lowest BCUT2D eigenvalue weighted by molar-refractivity contribution is 0.631. The summed E-state index contributed by atoms with van der Waals surface area (Å²) in [7, 11) is 0. The van der Waals surface area contributed by atoms with Crippen molar-refractivity contribution in [3.63, 3.8) is 0 Å². The molecule has 0 unspecified atom stereocenters. The number of aryl methyl sites for hydroxylation is 1. The Morgan fingerprint density at radius 3 is 2.86 bits per heavy atom. The van der Waals surface area contributed by atoms with E-state index in [1.165, 1.54) is 10.4 Å².